The van der Waals surface area contributed by atoms with Gasteiger partial charge in [-0.2, -0.15) is 0 Å². The molecule has 0 aliphatic carbocycles. The van der Waals surface area contributed by atoms with Crippen molar-refractivity contribution < 1.29 is 14.3 Å². The average molecular weight is 494 g/mol. The van der Waals surface area contributed by atoms with Crippen LogP contribution in [0.15, 0.2) is 66.3 Å². The first-order chi connectivity index (χ1) is 16.8. The number of carbonyl (C=O) groups is 2. The van der Waals surface area contributed by atoms with E-state index in [4.69, 9.17) is 4.74 Å². The van der Waals surface area contributed by atoms with E-state index in [1.165, 1.54) is 11.8 Å². The van der Waals surface area contributed by atoms with Crippen molar-refractivity contribution in [2.75, 3.05) is 18.2 Å². The molecule has 3 aromatic rings. The van der Waals surface area contributed by atoms with Gasteiger partial charge in [-0.15, -0.1) is 16.8 Å². The summed E-state index contributed by atoms with van der Waals surface area (Å²) in [6.45, 7) is 10.3. The van der Waals surface area contributed by atoms with Crippen LogP contribution < -0.4 is 15.4 Å². The van der Waals surface area contributed by atoms with Crippen molar-refractivity contribution in [2.24, 2.45) is 5.92 Å². The van der Waals surface area contributed by atoms with Gasteiger partial charge in [0.1, 0.15) is 5.75 Å². The minimum absolute atomic E-state index is 0.0609. The topological polar surface area (TPSA) is 98.1 Å². The Labute approximate surface area is 210 Å². The highest BCUT2D eigenvalue weighted by molar-refractivity contribution is 7.99. The van der Waals surface area contributed by atoms with Crippen molar-refractivity contribution in [2.45, 2.75) is 38.5 Å². The van der Waals surface area contributed by atoms with E-state index >= 15 is 0 Å². The zero-order valence-corrected chi connectivity index (χ0v) is 21.3. The van der Waals surface area contributed by atoms with Crippen LogP contribution >= 0.6 is 11.8 Å². The van der Waals surface area contributed by atoms with Crippen molar-refractivity contribution >= 4 is 29.3 Å². The fourth-order valence-corrected chi connectivity index (χ4v) is 4.26. The van der Waals surface area contributed by atoms with Crippen molar-refractivity contribution in [3.8, 4) is 5.75 Å². The quantitative estimate of drug-likeness (QED) is 0.298. The number of carbonyl (C=O) groups excluding carboxylic acids is 2. The summed E-state index contributed by atoms with van der Waals surface area (Å²) >= 11 is 1.28. The molecule has 0 saturated carbocycles. The Morgan fingerprint density at radius 1 is 1.17 bits per heavy atom. The lowest BCUT2D eigenvalue weighted by atomic mass is 10.0. The van der Waals surface area contributed by atoms with E-state index in [1.54, 1.807) is 31.4 Å². The van der Waals surface area contributed by atoms with Gasteiger partial charge in [0.25, 0.3) is 5.91 Å². The molecule has 1 heterocycles. The predicted molar refractivity (Wildman–Crippen MR) is 139 cm³/mol. The third-order valence-electron chi connectivity index (χ3n) is 5.25. The Bertz CT molecular complexity index is 1190. The number of aromatic nitrogens is 3. The largest absolute Gasteiger partial charge is 0.497 e. The number of nitrogens with one attached hydrogen (secondary N) is 2. The van der Waals surface area contributed by atoms with Crippen molar-refractivity contribution in [3.63, 3.8) is 0 Å². The van der Waals surface area contributed by atoms with Gasteiger partial charge in [-0.3, -0.25) is 9.59 Å². The zero-order chi connectivity index (χ0) is 25.4. The summed E-state index contributed by atoms with van der Waals surface area (Å²) in [7, 11) is 1.58. The number of ether oxygens (including phenoxy) is 1. The Balaban J connectivity index is 1.74. The van der Waals surface area contributed by atoms with Gasteiger partial charge < -0.3 is 19.9 Å². The van der Waals surface area contributed by atoms with Gasteiger partial charge in [-0.05, 0) is 37.1 Å². The maximum atomic E-state index is 12.9. The maximum Gasteiger partial charge on any atom is 0.251 e. The summed E-state index contributed by atoms with van der Waals surface area (Å²) in [6, 6.07) is 14.3. The Kier molecular flexibility index (Phi) is 9.08. The molecule has 35 heavy (non-hydrogen) atoms. The van der Waals surface area contributed by atoms with Crippen LogP contribution in [0.25, 0.3) is 0 Å². The molecule has 2 aromatic carbocycles. The molecule has 8 nitrogen and oxygen atoms in total. The Hall–Kier alpha value is -3.59. The van der Waals surface area contributed by atoms with Gasteiger partial charge in [0.15, 0.2) is 11.0 Å². The second kappa shape index (κ2) is 12.2. The molecule has 0 aliphatic heterocycles. The minimum Gasteiger partial charge on any atom is -0.497 e. The highest BCUT2D eigenvalue weighted by Crippen LogP contribution is 2.26. The van der Waals surface area contributed by atoms with E-state index in [1.807, 2.05) is 55.7 Å². The normalized spacial score (nSPS) is 11.7. The molecule has 1 aromatic heterocycles. The van der Waals surface area contributed by atoms with E-state index in [2.05, 4.69) is 27.4 Å². The number of aryl methyl sites for hydroxylation is 1. The molecule has 1 atom stereocenters. The smallest absolute Gasteiger partial charge is 0.251 e. The standard InChI is InChI=1S/C26H31N5O3S/c1-6-13-31-24(23(17(2)3)28-25(33)19-10-7-9-18(4)14-19)29-30-26(31)35-16-22(32)27-20-11-8-12-21(15-20)34-5/h6-12,14-15,17,23H,1,13,16H2,2-5H3,(H,27,32)(H,28,33)/t23-/m0/s1. The first-order valence-electron chi connectivity index (χ1n) is 11.3. The SMILES string of the molecule is C=CCn1c(SCC(=O)Nc2cccc(OC)c2)nnc1[C@@H](NC(=O)c1cccc(C)c1)C(C)C. The van der Waals surface area contributed by atoms with Crippen LogP contribution in [0.3, 0.4) is 0 Å². The lowest BCUT2D eigenvalue weighted by molar-refractivity contribution is -0.113. The van der Waals surface area contributed by atoms with Gasteiger partial charge in [-0.1, -0.05) is 55.4 Å². The Morgan fingerprint density at radius 3 is 2.63 bits per heavy atom. The van der Waals surface area contributed by atoms with E-state index < -0.39 is 0 Å². The van der Waals surface area contributed by atoms with Crippen LogP contribution in [0.4, 0.5) is 5.69 Å². The molecule has 184 valence electrons. The maximum absolute atomic E-state index is 12.9. The van der Waals surface area contributed by atoms with Crippen LogP contribution in [0.5, 0.6) is 5.75 Å². The van der Waals surface area contributed by atoms with Crippen LogP contribution in [0.2, 0.25) is 0 Å². The number of rotatable bonds is 11. The molecular weight excluding hydrogens is 462 g/mol. The molecule has 2 amide bonds. The first-order valence-corrected chi connectivity index (χ1v) is 12.3. The van der Waals surface area contributed by atoms with Crippen LogP contribution in [-0.2, 0) is 11.3 Å². The average Bonchev–Trinajstić information content (AvgIpc) is 3.23. The van der Waals surface area contributed by atoms with Crippen molar-refractivity contribution in [3.05, 3.63) is 78.1 Å². The highest BCUT2D eigenvalue weighted by atomic mass is 32.2. The van der Waals surface area contributed by atoms with E-state index in [-0.39, 0.29) is 29.5 Å². The monoisotopic (exact) mass is 493 g/mol. The number of allylic oxidation sites excluding steroid dienone is 1. The van der Waals surface area contributed by atoms with Crippen LogP contribution in [0, 0.1) is 12.8 Å². The van der Waals surface area contributed by atoms with Crippen LogP contribution in [-0.4, -0.2) is 39.4 Å². The molecule has 0 saturated heterocycles. The first kappa shape index (κ1) is 26.0. The molecular formula is C26H31N5O3S. The highest BCUT2D eigenvalue weighted by Gasteiger charge is 2.26. The molecule has 0 bridgehead atoms. The van der Waals surface area contributed by atoms with E-state index in [0.29, 0.717) is 34.5 Å². The fourth-order valence-electron chi connectivity index (χ4n) is 3.51. The molecule has 0 spiro atoms. The molecule has 0 unspecified atom stereocenters. The lowest BCUT2D eigenvalue weighted by Gasteiger charge is -2.22. The summed E-state index contributed by atoms with van der Waals surface area (Å²) in [5.74, 6) is 1.15. The van der Waals surface area contributed by atoms with Gasteiger partial charge >= 0.3 is 0 Å². The number of hydrogen-bond acceptors (Lipinski definition) is 6. The van der Waals surface area contributed by atoms with Gasteiger partial charge in [-0.25, -0.2) is 0 Å². The van der Waals surface area contributed by atoms with E-state index in [9.17, 15) is 9.59 Å². The summed E-state index contributed by atoms with van der Waals surface area (Å²) in [4.78, 5) is 25.5. The predicted octanol–water partition coefficient (Wildman–Crippen LogP) is 4.64. The molecule has 0 fully saturated rings. The second-order valence-corrected chi connectivity index (χ2v) is 9.32. The number of benzene rings is 2. The molecule has 0 aliphatic rings. The minimum atomic E-state index is -0.365. The summed E-state index contributed by atoms with van der Waals surface area (Å²) in [5.41, 5.74) is 2.26. The van der Waals surface area contributed by atoms with E-state index in [0.717, 1.165) is 5.56 Å². The van der Waals surface area contributed by atoms with Crippen LogP contribution in [0.1, 0.15) is 41.6 Å². The number of thioether (sulfide) groups is 1. The molecule has 3 rings (SSSR count). The number of hydrogen-bond donors (Lipinski definition) is 2. The number of anilines is 1. The molecule has 0 radical (unpaired) electrons. The second-order valence-electron chi connectivity index (χ2n) is 8.37. The van der Waals surface area contributed by atoms with Gasteiger partial charge in [0.2, 0.25) is 5.91 Å². The lowest BCUT2D eigenvalue weighted by Crippen LogP contribution is -2.34. The van der Waals surface area contributed by atoms with Crippen molar-refractivity contribution in [1.82, 2.24) is 20.1 Å². The van der Waals surface area contributed by atoms with Gasteiger partial charge in [0.05, 0.1) is 18.9 Å². The Morgan fingerprint density at radius 2 is 1.94 bits per heavy atom. The number of methoxy groups -OCH3 is 1. The zero-order valence-electron chi connectivity index (χ0n) is 20.4. The number of amides is 2. The summed E-state index contributed by atoms with van der Waals surface area (Å²) in [6.07, 6.45) is 1.74. The summed E-state index contributed by atoms with van der Waals surface area (Å²) < 4.78 is 7.08. The number of nitrogens with zero attached hydrogens (tertiary/aromatic N) is 3. The summed E-state index contributed by atoms with van der Waals surface area (Å²) in [5, 5.41) is 15.2. The molecule has 9 heteroatoms. The van der Waals surface area contributed by atoms with Crippen molar-refractivity contribution in [1.29, 1.82) is 0 Å². The third-order valence-corrected chi connectivity index (χ3v) is 6.22. The fraction of sp³-hybridized carbons (Fsp3) is 0.308. The molecule has 2 N–H and O–H groups in total. The van der Waals surface area contributed by atoms with Gasteiger partial charge in [0, 0.05) is 23.9 Å². The third kappa shape index (κ3) is 6.95.